The van der Waals surface area contributed by atoms with Gasteiger partial charge in [-0.05, 0) is 32.6 Å². The molecule has 1 N–H and O–H groups in total. The van der Waals surface area contributed by atoms with Gasteiger partial charge in [-0.3, -0.25) is 62.3 Å². The minimum atomic E-state index is -2.13. The summed E-state index contributed by atoms with van der Waals surface area (Å²) < 4.78 is 109. The zero-order valence-electron chi connectivity index (χ0n) is 71.1. The molecule has 3 saturated heterocycles. The number of esters is 12. The van der Waals surface area contributed by atoms with Crippen molar-refractivity contribution in [3.05, 3.63) is 0 Å². The monoisotopic (exact) mass is 1640 g/mol. The van der Waals surface area contributed by atoms with Gasteiger partial charge in [0.2, 0.25) is 0 Å². The van der Waals surface area contributed by atoms with Gasteiger partial charge in [-0.2, -0.15) is 0 Å². The lowest BCUT2D eigenvalue weighted by atomic mass is 9.95. The van der Waals surface area contributed by atoms with E-state index in [2.05, 4.69) is 19.2 Å². The van der Waals surface area contributed by atoms with Gasteiger partial charge in [0.1, 0.15) is 43.7 Å². The van der Waals surface area contributed by atoms with Crippen LogP contribution in [0.5, 0.6) is 0 Å². The lowest BCUT2D eigenvalue weighted by Gasteiger charge is -2.50. The van der Waals surface area contributed by atoms with Gasteiger partial charge >= 0.3 is 71.6 Å². The second-order valence-electron chi connectivity index (χ2n) is 30.2. The van der Waals surface area contributed by atoms with Crippen LogP contribution in [0.25, 0.3) is 0 Å². The molecule has 19 atom stereocenters. The van der Waals surface area contributed by atoms with Gasteiger partial charge < -0.3 is 90.6 Å². The predicted molar refractivity (Wildman–Crippen MR) is 412 cm³/mol. The van der Waals surface area contributed by atoms with Gasteiger partial charge in [-0.25, -0.2) is 0 Å². The molecule has 0 aromatic rings. The normalized spacial score (nSPS) is 24.2. The maximum absolute atomic E-state index is 15.1. The molecule has 115 heavy (non-hydrogen) atoms. The largest absolute Gasteiger partial charge is 0.463 e. The molecule has 0 aromatic carbocycles. The van der Waals surface area contributed by atoms with Gasteiger partial charge in [0.05, 0.1) is 18.8 Å². The molecular formula is C83H137NO31. The van der Waals surface area contributed by atoms with Crippen molar-refractivity contribution in [1.29, 1.82) is 0 Å². The fourth-order valence-corrected chi connectivity index (χ4v) is 14.5. The van der Waals surface area contributed by atoms with E-state index in [0.717, 1.165) is 160 Å². The molecule has 1 amide bonds. The molecule has 0 aliphatic carbocycles. The molecule has 0 bridgehead atoms. The standard InChI is InChI=1S/C83H137NO31/c1-16-18-20-22-24-26-28-29-30-31-32-33-34-35-36-38-40-42-44-46-48-67(103-56(7)88)80(97)84-65(71(105-58(9)90)66(102-55(6)87)47-45-43-41-39-37-27-25-23-21-19-17-2)49-100-81-77(109-62(13)94)76(115-82-78(110-63(14)95)74(107-60(11)92)70(52(3)101-82)104-57(8)89)73(69(112-81)51-99-54(5)86)114-83-79(111-64(15)96)75(108-61(12)93)72(106-59(10)91)68(113-83)50-98-53(4)85/h52,65-79,81-83H,16-51H2,1-15H3,(H,84,97)/t52-,65-,66+,67+,68+,69+,70+,71-,72-,73+,74+,75-,76-,77+,78-,79+,81+,82-,83-/m0/s1. The van der Waals surface area contributed by atoms with Crippen molar-refractivity contribution < 1.29 is 148 Å². The van der Waals surface area contributed by atoms with E-state index in [0.29, 0.717) is 25.7 Å². The van der Waals surface area contributed by atoms with Gasteiger partial charge in [0, 0.05) is 83.1 Å². The molecule has 3 fully saturated rings. The molecule has 32 heteroatoms. The number of amides is 1. The fraction of sp³-hybridized carbons (Fsp3) is 0.843. The Morgan fingerprint density at radius 2 is 0.617 bits per heavy atom. The van der Waals surface area contributed by atoms with Crippen molar-refractivity contribution >= 4 is 77.5 Å². The summed E-state index contributed by atoms with van der Waals surface area (Å²) in [7, 11) is 0. The third-order valence-electron chi connectivity index (χ3n) is 19.7. The first-order valence-electron chi connectivity index (χ1n) is 41.9. The van der Waals surface area contributed by atoms with Crippen molar-refractivity contribution in [2.24, 2.45) is 0 Å². The highest BCUT2D eigenvalue weighted by atomic mass is 16.8. The average Bonchev–Trinajstić information content (AvgIpc) is 0.759. The summed E-state index contributed by atoms with van der Waals surface area (Å²) in [6.45, 7) is 15.7. The molecule has 0 unspecified atom stereocenters. The zero-order valence-corrected chi connectivity index (χ0v) is 71.1. The topological polar surface area (TPSA) is 400 Å². The smallest absolute Gasteiger partial charge is 0.303 e. The summed E-state index contributed by atoms with van der Waals surface area (Å²) in [5.41, 5.74) is 0. The SMILES string of the molecule is CCCCCCCCCCCCCCCCCCCCCC[C@@H](OC(C)=O)C(=O)N[C@@H](CO[C@@H]1O[C@H](COC(C)=O)[C@@H](O[C@@H]2O[C@H](COC(C)=O)[C@H](OC(C)=O)[C@H](OC(C)=O)[C@H]2OC(C)=O)[C@H](O[C@@H]2O[C@@H](C)[C@@H](OC(C)=O)[C@@H](OC(C)=O)[C@@H]2OC(C)=O)[C@H]1OC(C)=O)[C@H](OC(C)=O)[C@@H](CCCCCCCCCCCCC)OC(C)=O. The molecule has 0 saturated carbocycles. The van der Waals surface area contributed by atoms with E-state index >= 15 is 4.79 Å². The maximum atomic E-state index is 15.1. The van der Waals surface area contributed by atoms with E-state index in [9.17, 15) is 57.5 Å². The Labute approximate surface area is 679 Å². The van der Waals surface area contributed by atoms with E-state index in [1.165, 1.54) is 103 Å². The highest BCUT2D eigenvalue weighted by Gasteiger charge is 2.60. The van der Waals surface area contributed by atoms with Crippen LogP contribution in [0.3, 0.4) is 0 Å². The minimum absolute atomic E-state index is 0.0382. The number of hydrogen-bond donors (Lipinski definition) is 1. The summed E-state index contributed by atoms with van der Waals surface area (Å²) in [4.78, 5) is 173. The van der Waals surface area contributed by atoms with Gasteiger partial charge in [-0.1, -0.05) is 200 Å². The van der Waals surface area contributed by atoms with E-state index in [-0.39, 0.29) is 12.8 Å². The van der Waals surface area contributed by atoms with Crippen LogP contribution < -0.4 is 5.32 Å². The zero-order chi connectivity index (χ0) is 85.4. The molecule has 3 heterocycles. The molecule has 3 aliphatic heterocycles. The first-order chi connectivity index (χ1) is 54.8. The van der Waals surface area contributed by atoms with E-state index in [1.54, 1.807) is 0 Å². The summed E-state index contributed by atoms with van der Waals surface area (Å²) in [6.07, 6.45) is 1.08. The van der Waals surface area contributed by atoms with Crippen LogP contribution in [0, 0.1) is 0 Å². The van der Waals surface area contributed by atoms with Crippen molar-refractivity contribution in [2.45, 2.75) is 432 Å². The molecule has 660 valence electrons. The Morgan fingerprint density at radius 1 is 0.304 bits per heavy atom. The van der Waals surface area contributed by atoms with Gasteiger partial charge in [0.15, 0.2) is 73.8 Å². The summed E-state index contributed by atoms with van der Waals surface area (Å²) in [5, 5.41) is 2.86. The number of carbonyl (C=O) groups excluding carboxylic acids is 13. The highest BCUT2D eigenvalue weighted by molar-refractivity contribution is 5.83. The lowest BCUT2D eigenvalue weighted by Crippen LogP contribution is -2.69. The predicted octanol–water partition coefficient (Wildman–Crippen LogP) is 11.8. The van der Waals surface area contributed by atoms with E-state index in [4.69, 9.17) is 85.3 Å². The number of nitrogens with one attached hydrogen (secondary N) is 1. The number of carbonyl (C=O) groups is 13. The Bertz CT molecular complexity index is 2930. The molecule has 0 radical (unpaired) electrons. The third kappa shape index (κ3) is 42.2. The average molecular weight is 1640 g/mol. The quantitative estimate of drug-likeness (QED) is 0.0336. The van der Waals surface area contributed by atoms with Crippen molar-refractivity contribution in [1.82, 2.24) is 5.32 Å². The van der Waals surface area contributed by atoms with E-state index < -0.39 is 214 Å². The first kappa shape index (κ1) is 102. The number of ether oxygens (including phenoxy) is 18. The Hall–Kier alpha value is -7.13. The molecule has 3 aliphatic rings. The van der Waals surface area contributed by atoms with Crippen LogP contribution in [0.2, 0.25) is 0 Å². The second-order valence-corrected chi connectivity index (χ2v) is 30.2. The Balaban J connectivity index is 2.30. The van der Waals surface area contributed by atoms with Crippen LogP contribution in [0.4, 0.5) is 0 Å². The van der Waals surface area contributed by atoms with Crippen molar-refractivity contribution in [3.63, 3.8) is 0 Å². The Morgan fingerprint density at radius 3 is 1.00 bits per heavy atom. The lowest BCUT2D eigenvalue weighted by molar-refractivity contribution is -0.386. The number of hydrogen-bond acceptors (Lipinski definition) is 31. The molecule has 3 rings (SSSR count). The van der Waals surface area contributed by atoms with Crippen molar-refractivity contribution in [3.8, 4) is 0 Å². The molecule has 0 aromatic heterocycles. The summed E-state index contributed by atoms with van der Waals surface area (Å²) in [6, 6.07) is -1.63. The van der Waals surface area contributed by atoms with Crippen LogP contribution in [-0.4, -0.2) is 214 Å². The first-order valence-corrected chi connectivity index (χ1v) is 41.9. The second kappa shape index (κ2) is 57.9. The minimum Gasteiger partial charge on any atom is -0.463 e. The Kier molecular flexibility index (Phi) is 51.4. The molecular weight excluding hydrogens is 1510 g/mol. The molecule has 0 spiro atoms. The fourth-order valence-electron chi connectivity index (χ4n) is 14.5. The van der Waals surface area contributed by atoms with E-state index in [1.807, 2.05) is 0 Å². The van der Waals surface area contributed by atoms with Crippen LogP contribution in [0.15, 0.2) is 0 Å². The number of rotatable bonds is 58. The maximum Gasteiger partial charge on any atom is 0.303 e. The van der Waals surface area contributed by atoms with Gasteiger partial charge in [0.25, 0.3) is 5.91 Å². The molecule has 32 nitrogen and oxygen atoms in total. The summed E-state index contributed by atoms with van der Waals surface area (Å²) in [5.74, 6) is -12.3. The van der Waals surface area contributed by atoms with Crippen molar-refractivity contribution in [2.75, 3.05) is 19.8 Å². The van der Waals surface area contributed by atoms with Gasteiger partial charge in [-0.15, -0.1) is 0 Å². The van der Waals surface area contributed by atoms with Crippen LogP contribution in [-0.2, 0) is 148 Å². The summed E-state index contributed by atoms with van der Waals surface area (Å²) >= 11 is 0. The highest BCUT2D eigenvalue weighted by Crippen LogP contribution is 2.39. The van der Waals surface area contributed by atoms with Crippen LogP contribution in [0.1, 0.15) is 316 Å². The van der Waals surface area contributed by atoms with Crippen LogP contribution >= 0.6 is 0 Å². The third-order valence-corrected chi connectivity index (χ3v) is 19.7. The number of unbranched alkanes of at least 4 members (excludes halogenated alkanes) is 29.